The molecule has 0 unspecified atom stereocenters. The molecule has 8 heteroatoms. The lowest BCUT2D eigenvalue weighted by atomic mass is 10.1. The third kappa shape index (κ3) is 26.9. The number of ether oxygens (including phenoxy) is 1. The lowest BCUT2D eigenvalue weighted by Crippen LogP contribution is -2.40. The maximum Gasteiger partial charge on any atom is 0.333 e. The van der Waals surface area contributed by atoms with Crippen molar-refractivity contribution in [1.29, 1.82) is 0 Å². The van der Waals surface area contributed by atoms with Gasteiger partial charge in [0.15, 0.2) is 16.6 Å². The number of hydrogen-bond donors (Lipinski definition) is 0. The van der Waals surface area contributed by atoms with E-state index in [1.54, 1.807) is 6.92 Å². The first-order valence-electron chi connectivity index (χ1n) is 18.8. The van der Waals surface area contributed by atoms with E-state index in [9.17, 15) is 4.79 Å². The number of hydrogen-bond acceptors (Lipinski definition) is 4. The van der Waals surface area contributed by atoms with Crippen molar-refractivity contribution >= 4 is 42.1 Å². The summed E-state index contributed by atoms with van der Waals surface area (Å²) < 4.78 is 19.1. The quantitative estimate of drug-likeness (QED) is 0.0301. The normalized spacial score (nSPS) is 12.7. The first-order valence-corrected chi connectivity index (χ1v) is 27.6. The van der Waals surface area contributed by atoms with Crippen LogP contribution in [0.3, 0.4) is 0 Å². The van der Waals surface area contributed by atoms with Gasteiger partial charge in [-0.2, -0.15) is 0 Å². The summed E-state index contributed by atoms with van der Waals surface area (Å²) in [6, 6.07) is 7.91. The topological polar surface area (TPSA) is 44.8 Å². The summed E-state index contributed by atoms with van der Waals surface area (Å²) in [4.78, 5) is 11.5. The van der Waals surface area contributed by atoms with Crippen LogP contribution >= 0.6 is 0 Å². The molecule has 0 aromatic heterocycles. The van der Waals surface area contributed by atoms with E-state index in [2.05, 4.69) is 40.4 Å². The summed E-state index contributed by atoms with van der Waals surface area (Å²) in [6.07, 6.45) is 26.1. The van der Waals surface area contributed by atoms with Crippen LogP contribution in [0.2, 0.25) is 49.4 Å². The van der Waals surface area contributed by atoms with Crippen molar-refractivity contribution in [3.63, 3.8) is 0 Å². The Labute approximate surface area is 276 Å². The molecular formula is C35H76O4Si4. The van der Waals surface area contributed by atoms with Crippen LogP contribution in [0.5, 0.6) is 0 Å². The van der Waals surface area contributed by atoms with Crippen LogP contribution in [-0.2, 0) is 17.8 Å². The van der Waals surface area contributed by atoms with Gasteiger partial charge in [0.25, 0.3) is 0 Å². The van der Waals surface area contributed by atoms with E-state index in [4.69, 9.17) is 13.0 Å². The highest BCUT2D eigenvalue weighted by Gasteiger charge is 2.33. The molecule has 0 aliphatic heterocycles. The fourth-order valence-corrected chi connectivity index (χ4v) is 21.2. The van der Waals surface area contributed by atoms with Gasteiger partial charge in [0, 0.05) is 5.57 Å². The van der Waals surface area contributed by atoms with Gasteiger partial charge in [-0.3, -0.25) is 0 Å². The standard InChI is InChI=1S/C35H76O4Si4/c1-8-11-14-17-20-23-30-43(31-24-21-18-15-12-9-2,32-25-22-19-16-13-10-3)39-41-29-33-42(6,7)38-40-28-26-27-37-35(36)34(4)5/h4,8-33,40-41H2,1-3,5-7H3. The molecule has 0 bridgehead atoms. The summed E-state index contributed by atoms with van der Waals surface area (Å²) in [6.45, 7) is 17.6. The van der Waals surface area contributed by atoms with Crippen molar-refractivity contribution in [2.75, 3.05) is 6.61 Å². The Morgan fingerprint density at radius 3 is 1.44 bits per heavy atom. The van der Waals surface area contributed by atoms with E-state index in [1.165, 1.54) is 146 Å². The van der Waals surface area contributed by atoms with Crippen molar-refractivity contribution < 1.29 is 17.8 Å². The fourth-order valence-electron chi connectivity index (χ4n) is 5.97. The summed E-state index contributed by atoms with van der Waals surface area (Å²) in [5.41, 5.74) is 0.478. The molecule has 0 atom stereocenters. The van der Waals surface area contributed by atoms with Gasteiger partial charge in [0.1, 0.15) is 19.5 Å². The van der Waals surface area contributed by atoms with Gasteiger partial charge >= 0.3 is 5.97 Å². The highest BCUT2D eigenvalue weighted by atomic mass is 28.4. The first kappa shape index (κ1) is 43.0. The fraction of sp³-hybridized carbons (Fsp3) is 0.914. The highest BCUT2D eigenvalue weighted by molar-refractivity contribution is 6.78. The lowest BCUT2D eigenvalue weighted by molar-refractivity contribution is -0.138. The minimum absolute atomic E-state index is 0.272. The van der Waals surface area contributed by atoms with E-state index in [0.29, 0.717) is 12.2 Å². The maximum atomic E-state index is 11.5. The molecule has 0 fully saturated rings. The van der Waals surface area contributed by atoms with Crippen molar-refractivity contribution in [2.45, 2.75) is 199 Å². The molecule has 0 rings (SSSR count). The summed E-state index contributed by atoms with van der Waals surface area (Å²) in [5.74, 6) is -0.272. The smallest absolute Gasteiger partial charge is 0.333 e. The second kappa shape index (κ2) is 29.4. The maximum absolute atomic E-state index is 11.5. The lowest BCUT2D eigenvalue weighted by Gasteiger charge is -2.33. The van der Waals surface area contributed by atoms with Gasteiger partial charge < -0.3 is 13.0 Å². The van der Waals surface area contributed by atoms with Crippen LogP contribution in [0, 0.1) is 0 Å². The molecule has 0 aliphatic rings. The largest absolute Gasteiger partial charge is 0.462 e. The molecule has 0 N–H and O–H groups in total. The van der Waals surface area contributed by atoms with Crippen LogP contribution in [0.4, 0.5) is 0 Å². The zero-order valence-electron chi connectivity index (χ0n) is 30.1. The average molecular weight is 673 g/mol. The van der Waals surface area contributed by atoms with Crippen LogP contribution in [0.15, 0.2) is 12.2 Å². The zero-order valence-corrected chi connectivity index (χ0v) is 35.0. The minimum atomic E-state index is -1.66. The molecule has 43 heavy (non-hydrogen) atoms. The molecule has 0 aromatic rings. The second-order valence-electron chi connectivity index (χ2n) is 13.9. The molecule has 0 aromatic carbocycles. The molecule has 0 spiro atoms. The summed E-state index contributed by atoms with van der Waals surface area (Å²) >= 11 is 0. The van der Waals surface area contributed by atoms with Crippen LogP contribution in [0.25, 0.3) is 0 Å². The van der Waals surface area contributed by atoms with Crippen LogP contribution < -0.4 is 0 Å². The molecule has 4 nitrogen and oxygen atoms in total. The highest BCUT2D eigenvalue weighted by Crippen LogP contribution is 2.31. The molecular weight excluding hydrogens is 597 g/mol. The van der Waals surface area contributed by atoms with Crippen LogP contribution in [-0.4, -0.2) is 48.7 Å². The second-order valence-corrected chi connectivity index (χ2v) is 26.3. The Morgan fingerprint density at radius 2 is 1.00 bits per heavy atom. The third-order valence-electron chi connectivity index (χ3n) is 8.90. The number of rotatable bonds is 33. The molecule has 0 radical (unpaired) electrons. The third-order valence-corrected chi connectivity index (χ3v) is 23.6. The van der Waals surface area contributed by atoms with Gasteiger partial charge in [0.2, 0.25) is 0 Å². The van der Waals surface area contributed by atoms with E-state index in [1.807, 2.05) is 0 Å². The van der Waals surface area contributed by atoms with E-state index < -0.39 is 36.2 Å². The Hall–Kier alpha value is -0.00247. The molecule has 0 heterocycles. The average Bonchev–Trinajstić information content (AvgIpc) is 2.98. The van der Waals surface area contributed by atoms with Gasteiger partial charge in [-0.05, 0) is 62.7 Å². The zero-order chi connectivity index (χ0) is 32.1. The van der Waals surface area contributed by atoms with Crippen LogP contribution in [0.1, 0.15) is 150 Å². The van der Waals surface area contributed by atoms with E-state index >= 15 is 0 Å². The SMILES string of the molecule is C=C(C)C(=O)OCCC[SiH2]O[Si](C)(C)CC[SiH2]O[Si](CCCCCCCC)(CCCCCCCC)CCCCCCCC. The number of carbonyl (C=O) groups excluding carboxylic acids is 1. The van der Waals surface area contributed by atoms with Crippen molar-refractivity contribution in [1.82, 2.24) is 0 Å². The molecule has 0 saturated carbocycles. The molecule has 0 amide bonds. The molecule has 256 valence electrons. The Kier molecular flexibility index (Phi) is 29.4. The Bertz CT molecular complexity index is 619. The summed E-state index contributed by atoms with van der Waals surface area (Å²) in [7, 11) is -4.33. The predicted molar refractivity (Wildman–Crippen MR) is 202 cm³/mol. The van der Waals surface area contributed by atoms with E-state index in [-0.39, 0.29) is 5.97 Å². The summed E-state index contributed by atoms with van der Waals surface area (Å²) in [5, 5.41) is 0. The van der Waals surface area contributed by atoms with Gasteiger partial charge in [0.05, 0.1) is 6.61 Å². The molecule has 0 saturated heterocycles. The van der Waals surface area contributed by atoms with Crippen molar-refractivity contribution in [2.24, 2.45) is 0 Å². The number of carbonyl (C=O) groups is 1. The monoisotopic (exact) mass is 672 g/mol. The Morgan fingerprint density at radius 1 is 0.581 bits per heavy atom. The Balaban J connectivity index is 4.91. The number of unbranched alkanes of at least 4 members (excludes halogenated alkanes) is 15. The van der Waals surface area contributed by atoms with Crippen molar-refractivity contribution in [3.05, 3.63) is 12.2 Å². The minimum Gasteiger partial charge on any atom is -0.462 e. The van der Waals surface area contributed by atoms with Gasteiger partial charge in [-0.15, -0.1) is 0 Å². The van der Waals surface area contributed by atoms with Crippen molar-refractivity contribution in [3.8, 4) is 0 Å². The first-order chi connectivity index (χ1) is 20.7. The van der Waals surface area contributed by atoms with Gasteiger partial charge in [-0.25, -0.2) is 4.79 Å². The number of esters is 1. The predicted octanol–water partition coefficient (Wildman–Crippen LogP) is 10.8. The van der Waals surface area contributed by atoms with Gasteiger partial charge in [-0.1, -0.05) is 143 Å². The van der Waals surface area contributed by atoms with E-state index in [0.717, 1.165) is 12.5 Å². The molecule has 0 aliphatic carbocycles.